The van der Waals surface area contributed by atoms with Gasteiger partial charge in [0.25, 0.3) is 11.4 Å². The second-order valence-electron chi connectivity index (χ2n) is 5.14. The highest BCUT2D eigenvalue weighted by atomic mass is 19.4. The number of benzene rings is 2. The van der Waals surface area contributed by atoms with Gasteiger partial charge in [-0.2, -0.15) is 13.2 Å². The van der Waals surface area contributed by atoms with Crippen molar-refractivity contribution in [2.75, 3.05) is 23.7 Å². The van der Waals surface area contributed by atoms with Crippen molar-refractivity contribution in [2.24, 2.45) is 0 Å². The van der Waals surface area contributed by atoms with E-state index in [9.17, 15) is 33.4 Å². The molecule has 0 fully saturated rings. The Morgan fingerprint density at radius 1 is 0.846 bits per heavy atom. The third kappa shape index (κ3) is 4.82. The van der Waals surface area contributed by atoms with Crippen LogP contribution in [-0.2, 0) is 6.18 Å². The summed E-state index contributed by atoms with van der Waals surface area (Å²) in [4.78, 5) is 19.8. The number of halogens is 3. The molecular weight excluding hydrogens is 357 g/mol. The molecular formula is C15H13F3N4O4. The topological polar surface area (TPSA) is 110 Å². The number of nitrogens with one attached hydrogen (secondary N) is 2. The zero-order chi connectivity index (χ0) is 19.3. The first kappa shape index (κ1) is 19.0. The van der Waals surface area contributed by atoms with Gasteiger partial charge in [0.05, 0.1) is 15.4 Å². The van der Waals surface area contributed by atoms with E-state index in [-0.39, 0.29) is 24.5 Å². The molecule has 2 N–H and O–H groups in total. The van der Waals surface area contributed by atoms with Crippen molar-refractivity contribution >= 4 is 22.7 Å². The van der Waals surface area contributed by atoms with Crippen molar-refractivity contribution in [3.8, 4) is 0 Å². The summed E-state index contributed by atoms with van der Waals surface area (Å²) in [5, 5.41) is 26.7. The third-order valence-corrected chi connectivity index (χ3v) is 3.37. The first-order valence-corrected chi connectivity index (χ1v) is 7.26. The molecule has 0 aromatic heterocycles. The van der Waals surface area contributed by atoms with Gasteiger partial charge in [-0.25, -0.2) is 0 Å². The highest BCUT2D eigenvalue weighted by molar-refractivity contribution is 5.57. The van der Waals surface area contributed by atoms with Gasteiger partial charge >= 0.3 is 6.18 Å². The smallest absolute Gasteiger partial charge is 0.383 e. The Balaban J connectivity index is 1.98. The van der Waals surface area contributed by atoms with Crippen molar-refractivity contribution in [3.05, 3.63) is 68.3 Å². The number of hydrogen-bond acceptors (Lipinski definition) is 6. The van der Waals surface area contributed by atoms with Crippen LogP contribution in [0.5, 0.6) is 0 Å². The van der Waals surface area contributed by atoms with Crippen molar-refractivity contribution in [1.82, 2.24) is 0 Å². The summed E-state index contributed by atoms with van der Waals surface area (Å²) in [7, 11) is 0. The van der Waals surface area contributed by atoms with Crippen LogP contribution in [0.15, 0.2) is 42.5 Å². The molecule has 2 aromatic rings. The predicted octanol–water partition coefficient (Wildman–Crippen LogP) is 4.05. The fourth-order valence-electron chi connectivity index (χ4n) is 2.14. The van der Waals surface area contributed by atoms with Crippen molar-refractivity contribution < 1.29 is 23.0 Å². The van der Waals surface area contributed by atoms with E-state index in [1.165, 1.54) is 24.3 Å². The van der Waals surface area contributed by atoms with Crippen LogP contribution in [0.4, 0.5) is 35.9 Å². The Morgan fingerprint density at radius 3 is 1.92 bits per heavy atom. The molecule has 8 nitrogen and oxygen atoms in total. The van der Waals surface area contributed by atoms with E-state index in [1.807, 2.05) is 0 Å². The Bertz CT molecular complexity index is 810. The molecule has 11 heteroatoms. The van der Waals surface area contributed by atoms with E-state index < -0.39 is 27.3 Å². The van der Waals surface area contributed by atoms with E-state index in [4.69, 9.17) is 0 Å². The fraction of sp³-hybridized carbons (Fsp3) is 0.200. The van der Waals surface area contributed by atoms with Gasteiger partial charge in [0.2, 0.25) is 0 Å². The average molecular weight is 370 g/mol. The molecule has 0 bridgehead atoms. The molecule has 0 aliphatic heterocycles. The molecule has 0 radical (unpaired) electrons. The summed E-state index contributed by atoms with van der Waals surface area (Å²) >= 11 is 0. The molecule has 0 heterocycles. The highest BCUT2D eigenvalue weighted by Gasteiger charge is 2.35. The molecule has 0 aliphatic carbocycles. The monoisotopic (exact) mass is 370 g/mol. The number of rotatable bonds is 7. The van der Waals surface area contributed by atoms with Crippen molar-refractivity contribution in [3.63, 3.8) is 0 Å². The van der Waals surface area contributed by atoms with E-state index >= 15 is 0 Å². The molecule has 0 amide bonds. The summed E-state index contributed by atoms with van der Waals surface area (Å²) in [6.45, 7) is 0.323. The summed E-state index contributed by atoms with van der Waals surface area (Å²) < 4.78 is 39.1. The first-order chi connectivity index (χ1) is 12.2. The van der Waals surface area contributed by atoms with Gasteiger partial charge in [-0.3, -0.25) is 20.2 Å². The molecule has 0 spiro atoms. The predicted molar refractivity (Wildman–Crippen MR) is 88.2 cm³/mol. The maximum atomic E-state index is 13.0. The van der Waals surface area contributed by atoms with Crippen molar-refractivity contribution in [1.29, 1.82) is 0 Å². The number of hydrogen-bond donors (Lipinski definition) is 2. The normalized spacial score (nSPS) is 11.0. The summed E-state index contributed by atoms with van der Waals surface area (Å²) in [5.74, 6) is 0. The highest BCUT2D eigenvalue weighted by Crippen LogP contribution is 2.36. The number of nitro benzene ring substituents is 2. The molecule has 0 saturated carbocycles. The maximum Gasteiger partial charge on any atom is 0.418 e. The zero-order valence-corrected chi connectivity index (χ0v) is 13.1. The van der Waals surface area contributed by atoms with Crippen LogP contribution in [0.1, 0.15) is 5.56 Å². The molecule has 0 aliphatic rings. The Labute approximate surface area is 144 Å². The number of non-ortho nitro benzene ring substituents is 2. The minimum Gasteiger partial charge on any atom is -0.383 e. The molecule has 138 valence electrons. The SMILES string of the molecule is O=[N+]([O-])c1ccc(NCCNc2ccc([N+](=O)[O-])cc2C(F)(F)F)cc1. The Kier molecular flexibility index (Phi) is 5.60. The maximum absolute atomic E-state index is 13.0. The van der Waals surface area contributed by atoms with E-state index in [1.54, 1.807) is 0 Å². The van der Waals surface area contributed by atoms with Gasteiger partial charge < -0.3 is 10.6 Å². The largest absolute Gasteiger partial charge is 0.418 e. The molecule has 0 unspecified atom stereocenters. The molecule has 2 rings (SSSR count). The molecule has 2 aromatic carbocycles. The summed E-state index contributed by atoms with van der Waals surface area (Å²) in [6, 6.07) is 8.03. The van der Waals surface area contributed by atoms with E-state index in [2.05, 4.69) is 10.6 Å². The van der Waals surface area contributed by atoms with Crippen LogP contribution in [0, 0.1) is 20.2 Å². The van der Waals surface area contributed by atoms with Crippen molar-refractivity contribution in [2.45, 2.75) is 6.18 Å². The lowest BCUT2D eigenvalue weighted by Gasteiger charge is -2.15. The average Bonchev–Trinajstić information content (AvgIpc) is 2.58. The van der Waals surface area contributed by atoms with Gasteiger partial charge in [0.1, 0.15) is 0 Å². The first-order valence-electron chi connectivity index (χ1n) is 7.26. The quantitative estimate of drug-likeness (QED) is 0.432. The van der Waals surface area contributed by atoms with E-state index in [0.717, 1.165) is 12.1 Å². The second-order valence-corrected chi connectivity index (χ2v) is 5.14. The van der Waals surface area contributed by atoms with Gasteiger partial charge in [0, 0.05) is 48.7 Å². The van der Waals surface area contributed by atoms with Gasteiger partial charge in [-0.15, -0.1) is 0 Å². The van der Waals surface area contributed by atoms with Crippen LogP contribution < -0.4 is 10.6 Å². The Hall–Kier alpha value is -3.37. The molecule has 0 saturated heterocycles. The van der Waals surface area contributed by atoms with Gasteiger partial charge in [0.15, 0.2) is 0 Å². The van der Waals surface area contributed by atoms with E-state index in [0.29, 0.717) is 11.8 Å². The van der Waals surface area contributed by atoms with Crippen LogP contribution in [-0.4, -0.2) is 22.9 Å². The third-order valence-electron chi connectivity index (χ3n) is 3.37. The molecule has 0 atom stereocenters. The minimum atomic E-state index is -4.74. The summed E-state index contributed by atoms with van der Waals surface area (Å²) in [5.41, 5.74) is -1.55. The molecule has 26 heavy (non-hydrogen) atoms. The zero-order valence-electron chi connectivity index (χ0n) is 13.1. The van der Waals surface area contributed by atoms with Crippen LogP contribution >= 0.6 is 0 Å². The van der Waals surface area contributed by atoms with Gasteiger partial charge in [-0.05, 0) is 18.2 Å². The van der Waals surface area contributed by atoms with Crippen LogP contribution in [0.3, 0.4) is 0 Å². The number of alkyl halides is 3. The standard InChI is InChI=1S/C15H13F3N4O4/c16-15(17,18)13-9-12(22(25)26)5-6-14(13)20-8-7-19-10-1-3-11(4-2-10)21(23)24/h1-6,9,19-20H,7-8H2. The lowest BCUT2D eigenvalue weighted by Crippen LogP contribution is -2.17. The van der Waals surface area contributed by atoms with Crippen LogP contribution in [0.25, 0.3) is 0 Å². The van der Waals surface area contributed by atoms with Crippen LogP contribution in [0.2, 0.25) is 0 Å². The lowest BCUT2D eigenvalue weighted by atomic mass is 10.1. The number of nitro groups is 2. The minimum absolute atomic E-state index is 0.0747. The number of nitrogens with zero attached hydrogens (tertiary/aromatic N) is 2. The second kappa shape index (κ2) is 7.68. The Morgan fingerprint density at radius 2 is 1.38 bits per heavy atom. The summed E-state index contributed by atoms with van der Waals surface area (Å²) in [6.07, 6.45) is -4.74. The fourth-order valence-corrected chi connectivity index (χ4v) is 2.14. The number of anilines is 2. The lowest BCUT2D eigenvalue weighted by molar-refractivity contribution is -0.385. The van der Waals surface area contributed by atoms with Gasteiger partial charge in [-0.1, -0.05) is 0 Å².